The van der Waals surface area contributed by atoms with E-state index >= 15 is 0 Å². The van der Waals surface area contributed by atoms with Crippen molar-refractivity contribution in [3.8, 4) is 22.8 Å². The van der Waals surface area contributed by atoms with Crippen molar-refractivity contribution in [3.63, 3.8) is 0 Å². The summed E-state index contributed by atoms with van der Waals surface area (Å²) in [7, 11) is 2.63. The molecule has 1 saturated heterocycles. The van der Waals surface area contributed by atoms with Crippen LogP contribution in [0.4, 0.5) is 14.6 Å². The number of hydrogen-bond acceptors (Lipinski definition) is 7. The molecular formula is C19H18F2N4O2S. The lowest BCUT2D eigenvalue weighted by atomic mass is 10.1. The predicted molar refractivity (Wildman–Crippen MR) is 104 cm³/mol. The van der Waals surface area contributed by atoms with Crippen LogP contribution in [0.15, 0.2) is 23.5 Å². The Hall–Kier alpha value is -2.68. The topological polar surface area (TPSA) is 60.4 Å². The number of pyridine rings is 1. The van der Waals surface area contributed by atoms with E-state index in [4.69, 9.17) is 9.47 Å². The average Bonchev–Trinajstić information content (AvgIpc) is 2.67. The first-order valence-corrected chi connectivity index (χ1v) is 9.87. The molecule has 0 spiro atoms. The second kappa shape index (κ2) is 7.38. The molecule has 0 atom stereocenters. The van der Waals surface area contributed by atoms with Crippen LogP contribution in [-0.4, -0.2) is 48.5 Å². The summed E-state index contributed by atoms with van der Waals surface area (Å²) in [5.41, 5.74) is 0.509. The van der Waals surface area contributed by atoms with Gasteiger partial charge in [0.1, 0.15) is 5.52 Å². The highest BCUT2D eigenvalue weighted by Gasteiger charge is 2.26. The molecule has 2 aromatic heterocycles. The summed E-state index contributed by atoms with van der Waals surface area (Å²) in [5, 5.41) is 1.27. The third-order valence-corrected chi connectivity index (χ3v) is 5.26. The van der Waals surface area contributed by atoms with E-state index in [0.29, 0.717) is 21.9 Å². The molecule has 0 saturated carbocycles. The number of methoxy groups -OCH3 is 2. The lowest BCUT2D eigenvalue weighted by Gasteiger charge is -2.32. The molecule has 1 aliphatic heterocycles. The highest BCUT2D eigenvalue weighted by Crippen LogP contribution is 2.39. The normalized spacial score (nSPS) is 13.5. The quantitative estimate of drug-likeness (QED) is 0.472. The molecule has 0 bridgehead atoms. The van der Waals surface area contributed by atoms with Crippen LogP contribution in [0.3, 0.4) is 0 Å². The Morgan fingerprint density at radius 1 is 1.04 bits per heavy atom. The number of hydrogen-bond donors (Lipinski definition) is 0. The largest absolute Gasteiger partial charge is 0.494 e. The molecule has 0 N–H and O–H groups in total. The Bertz CT molecular complexity index is 1030. The number of thioether (sulfide) groups is 1. The number of halogens is 2. The van der Waals surface area contributed by atoms with Gasteiger partial charge in [0.05, 0.1) is 25.5 Å². The first kappa shape index (κ1) is 18.7. The molecule has 3 aromatic rings. The summed E-state index contributed by atoms with van der Waals surface area (Å²) in [5.74, 6) is -1.30. The van der Waals surface area contributed by atoms with Gasteiger partial charge in [-0.3, -0.25) is 0 Å². The van der Waals surface area contributed by atoms with E-state index in [1.807, 2.05) is 11.2 Å². The van der Waals surface area contributed by atoms with Crippen molar-refractivity contribution in [2.75, 3.05) is 38.5 Å². The van der Waals surface area contributed by atoms with Crippen molar-refractivity contribution >= 4 is 28.5 Å². The van der Waals surface area contributed by atoms with E-state index in [1.54, 1.807) is 12.3 Å². The lowest BCUT2D eigenvalue weighted by molar-refractivity contribution is 0.359. The van der Waals surface area contributed by atoms with E-state index < -0.39 is 11.6 Å². The highest BCUT2D eigenvalue weighted by atomic mass is 32.2. The SMILES string of the molecule is COc1cc(OC)c(F)c(-c2cc3cnc(SC)nc3c(N3CCC3)n2)c1F. The van der Waals surface area contributed by atoms with Gasteiger partial charge in [0.15, 0.2) is 34.1 Å². The van der Waals surface area contributed by atoms with Gasteiger partial charge in [0.2, 0.25) is 0 Å². The maximum atomic E-state index is 15.0. The summed E-state index contributed by atoms with van der Waals surface area (Å²) in [6, 6.07) is 2.77. The van der Waals surface area contributed by atoms with Crippen LogP contribution in [-0.2, 0) is 0 Å². The Morgan fingerprint density at radius 3 is 2.25 bits per heavy atom. The number of nitrogens with zero attached hydrogens (tertiary/aromatic N) is 4. The van der Waals surface area contributed by atoms with Gasteiger partial charge >= 0.3 is 0 Å². The van der Waals surface area contributed by atoms with Crippen LogP contribution >= 0.6 is 11.8 Å². The molecule has 28 heavy (non-hydrogen) atoms. The summed E-state index contributed by atoms with van der Waals surface area (Å²) in [6.45, 7) is 1.63. The molecule has 0 amide bonds. The van der Waals surface area contributed by atoms with E-state index in [2.05, 4.69) is 15.0 Å². The Morgan fingerprint density at radius 2 is 1.71 bits per heavy atom. The van der Waals surface area contributed by atoms with Gasteiger partial charge in [-0.05, 0) is 18.7 Å². The van der Waals surface area contributed by atoms with Gasteiger partial charge in [-0.15, -0.1) is 0 Å². The second-order valence-electron chi connectivity index (χ2n) is 6.25. The number of anilines is 1. The number of ether oxygens (including phenoxy) is 2. The lowest BCUT2D eigenvalue weighted by Crippen LogP contribution is -2.38. The molecule has 3 heterocycles. The van der Waals surface area contributed by atoms with Crippen molar-refractivity contribution in [2.45, 2.75) is 11.6 Å². The van der Waals surface area contributed by atoms with E-state index in [0.717, 1.165) is 19.5 Å². The minimum Gasteiger partial charge on any atom is -0.494 e. The van der Waals surface area contributed by atoms with Crippen LogP contribution in [0.25, 0.3) is 22.2 Å². The van der Waals surface area contributed by atoms with Gasteiger partial charge in [-0.25, -0.2) is 23.7 Å². The molecule has 0 unspecified atom stereocenters. The van der Waals surface area contributed by atoms with Gasteiger partial charge in [0, 0.05) is 30.7 Å². The number of fused-ring (bicyclic) bond motifs is 1. The molecule has 6 nitrogen and oxygen atoms in total. The van der Waals surface area contributed by atoms with Crippen LogP contribution in [0, 0.1) is 11.6 Å². The molecule has 1 aromatic carbocycles. The summed E-state index contributed by atoms with van der Waals surface area (Å²) in [4.78, 5) is 15.5. The van der Waals surface area contributed by atoms with E-state index in [1.165, 1.54) is 32.0 Å². The zero-order chi connectivity index (χ0) is 19.8. The average molecular weight is 404 g/mol. The van der Waals surface area contributed by atoms with Crippen molar-refractivity contribution in [1.82, 2.24) is 15.0 Å². The fourth-order valence-electron chi connectivity index (χ4n) is 3.09. The van der Waals surface area contributed by atoms with Crippen LogP contribution in [0.2, 0.25) is 0 Å². The minimum atomic E-state index is -0.830. The molecule has 1 aliphatic rings. The second-order valence-corrected chi connectivity index (χ2v) is 7.02. The fraction of sp³-hybridized carbons (Fsp3) is 0.316. The summed E-state index contributed by atoms with van der Waals surface area (Å²) in [6.07, 6.45) is 4.57. The zero-order valence-electron chi connectivity index (χ0n) is 15.6. The fourth-order valence-corrected chi connectivity index (χ4v) is 3.43. The van der Waals surface area contributed by atoms with Crippen LogP contribution in [0.1, 0.15) is 6.42 Å². The molecule has 9 heteroatoms. The van der Waals surface area contributed by atoms with Gasteiger partial charge < -0.3 is 14.4 Å². The molecule has 0 radical (unpaired) electrons. The monoisotopic (exact) mass is 404 g/mol. The first-order valence-electron chi connectivity index (χ1n) is 8.64. The molecule has 1 fully saturated rings. The van der Waals surface area contributed by atoms with Gasteiger partial charge in [-0.1, -0.05) is 11.8 Å². The Kier molecular flexibility index (Phi) is 4.92. The van der Waals surface area contributed by atoms with Crippen molar-refractivity contribution < 1.29 is 18.3 Å². The minimum absolute atomic E-state index is 0.116. The van der Waals surface area contributed by atoms with Gasteiger partial charge in [-0.2, -0.15) is 0 Å². The summed E-state index contributed by atoms with van der Waals surface area (Å²) < 4.78 is 40.0. The molecule has 4 rings (SSSR count). The smallest absolute Gasteiger partial charge is 0.187 e. The molecular weight excluding hydrogens is 386 g/mol. The maximum absolute atomic E-state index is 15.0. The van der Waals surface area contributed by atoms with Crippen LogP contribution in [0.5, 0.6) is 11.5 Å². The van der Waals surface area contributed by atoms with Crippen molar-refractivity contribution in [3.05, 3.63) is 30.0 Å². The Labute approximate surface area is 164 Å². The maximum Gasteiger partial charge on any atom is 0.187 e. The third kappa shape index (κ3) is 2.99. The molecule has 0 aliphatic carbocycles. The Balaban J connectivity index is 2.00. The van der Waals surface area contributed by atoms with Crippen molar-refractivity contribution in [1.29, 1.82) is 0 Å². The van der Waals surface area contributed by atoms with E-state index in [-0.39, 0.29) is 22.8 Å². The molecule has 146 valence electrons. The zero-order valence-corrected chi connectivity index (χ0v) is 16.4. The first-order chi connectivity index (χ1) is 13.6. The summed E-state index contributed by atoms with van der Waals surface area (Å²) >= 11 is 1.42. The third-order valence-electron chi connectivity index (χ3n) is 4.69. The van der Waals surface area contributed by atoms with Crippen LogP contribution < -0.4 is 14.4 Å². The predicted octanol–water partition coefficient (Wildman–Crippen LogP) is 3.92. The van der Waals surface area contributed by atoms with E-state index in [9.17, 15) is 8.78 Å². The number of rotatable bonds is 5. The highest BCUT2D eigenvalue weighted by molar-refractivity contribution is 7.98. The number of benzene rings is 1. The standard InChI is InChI=1S/C19H18F2N4O2S/c1-26-12-8-13(27-2)16(21)14(15(12)20)11-7-10-9-22-19(28-3)24-17(10)18(23-11)25-5-4-6-25/h7-9H,4-6H2,1-3H3. The van der Waals surface area contributed by atoms with Gasteiger partial charge in [0.25, 0.3) is 0 Å². The van der Waals surface area contributed by atoms with Crippen molar-refractivity contribution in [2.24, 2.45) is 0 Å². The number of aromatic nitrogens is 3.